The molecule has 1 aromatic heterocycles. The molecule has 3 N–H and O–H groups in total. The van der Waals surface area contributed by atoms with Gasteiger partial charge < -0.3 is 10.8 Å². The fourth-order valence-corrected chi connectivity index (χ4v) is 4.05. The molecule has 1 aliphatic carbocycles. The summed E-state index contributed by atoms with van der Waals surface area (Å²) in [4.78, 5) is 2.52. The van der Waals surface area contributed by atoms with Crippen LogP contribution in [0, 0.1) is 19.3 Å². The highest BCUT2D eigenvalue weighted by molar-refractivity contribution is 7.12. The van der Waals surface area contributed by atoms with Crippen molar-refractivity contribution in [2.45, 2.75) is 52.1 Å². The van der Waals surface area contributed by atoms with E-state index in [2.05, 4.69) is 19.9 Å². The van der Waals surface area contributed by atoms with E-state index in [0.717, 1.165) is 18.4 Å². The van der Waals surface area contributed by atoms with Gasteiger partial charge in [0.15, 0.2) is 0 Å². The van der Waals surface area contributed by atoms with Gasteiger partial charge in [0.25, 0.3) is 0 Å². The van der Waals surface area contributed by atoms with Gasteiger partial charge in [0.1, 0.15) is 0 Å². The van der Waals surface area contributed by atoms with Crippen LogP contribution in [0.4, 0.5) is 0 Å². The molecule has 0 amide bonds. The molecule has 2 nitrogen and oxygen atoms in total. The average Bonchev–Trinajstić information content (AvgIpc) is 2.68. The molecule has 1 unspecified atom stereocenters. The Morgan fingerprint density at radius 2 is 2.00 bits per heavy atom. The Morgan fingerprint density at radius 1 is 1.35 bits per heavy atom. The fourth-order valence-electron chi connectivity index (χ4n) is 3.10. The van der Waals surface area contributed by atoms with Crippen LogP contribution in [0.2, 0.25) is 0 Å². The zero-order valence-electron chi connectivity index (χ0n) is 10.8. The first-order chi connectivity index (χ1) is 8.09. The standard InChI is InChI=1S/C14H23NOS/c1-10-8-12(11(2)17-10)13(16)14(9-15)6-4-3-5-7-14/h8,13,16H,3-7,9,15H2,1-2H3. The van der Waals surface area contributed by atoms with Crippen LogP contribution in [0.1, 0.15) is 53.5 Å². The van der Waals surface area contributed by atoms with Gasteiger partial charge in [0.05, 0.1) is 6.10 Å². The van der Waals surface area contributed by atoms with Gasteiger partial charge in [-0.15, -0.1) is 11.3 Å². The summed E-state index contributed by atoms with van der Waals surface area (Å²) in [7, 11) is 0. The molecule has 2 rings (SSSR count). The van der Waals surface area contributed by atoms with Gasteiger partial charge in [-0.3, -0.25) is 0 Å². The molecular weight excluding hydrogens is 230 g/mol. The van der Waals surface area contributed by atoms with Crippen LogP contribution in [0.25, 0.3) is 0 Å². The average molecular weight is 253 g/mol. The third-order valence-corrected chi connectivity index (χ3v) is 5.19. The summed E-state index contributed by atoms with van der Waals surface area (Å²) in [5, 5.41) is 10.7. The quantitative estimate of drug-likeness (QED) is 0.868. The maximum absolute atomic E-state index is 10.7. The Balaban J connectivity index is 2.27. The molecule has 1 heterocycles. The summed E-state index contributed by atoms with van der Waals surface area (Å²) in [6, 6.07) is 2.14. The number of nitrogens with two attached hydrogens (primary N) is 1. The maximum Gasteiger partial charge on any atom is 0.0868 e. The lowest BCUT2D eigenvalue weighted by atomic mass is 9.68. The highest BCUT2D eigenvalue weighted by atomic mass is 32.1. The SMILES string of the molecule is Cc1cc(C(O)C2(CN)CCCCC2)c(C)s1. The minimum Gasteiger partial charge on any atom is -0.388 e. The predicted molar refractivity (Wildman–Crippen MR) is 73.3 cm³/mol. The molecular formula is C14H23NOS. The summed E-state index contributed by atoms with van der Waals surface area (Å²) in [6.45, 7) is 4.80. The van der Waals surface area contributed by atoms with Crippen LogP contribution in [0.3, 0.4) is 0 Å². The smallest absolute Gasteiger partial charge is 0.0868 e. The van der Waals surface area contributed by atoms with Crippen molar-refractivity contribution in [2.75, 3.05) is 6.54 Å². The number of aliphatic hydroxyl groups excluding tert-OH is 1. The summed E-state index contributed by atoms with van der Waals surface area (Å²) < 4.78 is 0. The Labute approximate surface area is 108 Å². The number of thiophene rings is 1. The first-order valence-electron chi connectivity index (χ1n) is 6.54. The summed E-state index contributed by atoms with van der Waals surface area (Å²) in [5.74, 6) is 0. The Kier molecular flexibility index (Phi) is 3.91. The van der Waals surface area contributed by atoms with Crippen molar-refractivity contribution in [1.29, 1.82) is 0 Å². The van der Waals surface area contributed by atoms with Crippen LogP contribution in [-0.4, -0.2) is 11.7 Å². The van der Waals surface area contributed by atoms with Crippen molar-refractivity contribution < 1.29 is 5.11 Å². The van der Waals surface area contributed by atoms with Crippen molar-refractivity contribution in [3.05, 3.63) is 21.4 Å². The summed E-state index contributed by atoms with van der Waals surface area (Å²) in [6.07, 6.45) is 5.46. The van der Waals surface area contributed by atoms with Gasteiger partial charge in [0, 0.05) is 21.7 Å². The third-order valence-electron chi connectivity index (χ3n) is 4.21. The molecule has 1 aliphatic rings. The van der Waals surface area contributed by atoms with Gasteiger partial charge in [-0.25, -0.2) is 0 Å². The summed E-state index contributed by atoms with van der Waals surface area (Å²) >= 11 is 1.77. The van der Waals surface area contributed by atoms with Gasteiger partial charge in [-0.2, -0.15) is 0 Å². The zero-order chi connectivity index (χ0) is 12.5. The highest BCUT2D eigenvalue weighted by Gasteiger charge is 2.39. The fraction of sp³-hybridized carbons (Fsp3) is 0.714. The lowest BCUT2D eigenvalue weighted by Crippen LogP contribution is -2.38. The Hall–Kier alpha value is -0.380. The van der Waals surface area contributed by atoms with Crippen LogP contribution in [-0.2, 0) is 0 Å². The molecule has 1 aromatic rings. The largest absolute Gasteiger partial charge is 0.388 e. The molecule has 0 aliphatic heterocycles. The Morgan fingerprint density at radius 3 is 2.47 bits per heavy atom. The number of aryl methyl sites for hydroxylation is 2. The number of hydrogen-bond donors (Lipinski definition) is 2. The van der Waals surface area contributed by atoms with Crippen molar-refractivity contribution in [1.82, 2.24) is 0 Å². The van der Waals surface area contributed by atoms with E-state index in [9.17, 15) is 5.11 Å². The van der Waals surface area contributed by atoms with E-state index < -0.39 is 0 Å². The van der Waals surface area contributed by atoms with E-state index in [1.165, 1.54) is 29.0 Å². The minimum absolute atomic E-state index is 0.0729. The molecule has 0 bridgehead atoms. The van der Waals surface area contributed by atoms with Crippen molar-refractivity contribution in [3.63, 3.8) is 0 Å². The van der Waals surface area contributed by atoms with E-state index in [1.807, 2.05) is 0 Å². The molecule has 96 valence electrons. The second-order valence-corrected chi connectivity index (χ2v) is 6.86. The van der Waals surface area contributed by atoms with E-state index in [0.29, 0.717) is 6.54 Å². The lowest BCUT2D eigenvalue weighted by molar-refractivity contribution is 0.000599. The molecule has 0 spiro atoms. The highest BCUT2D eigenvalue weighted by Crippen LogP contribution is 2.46. The van der Waals surface area contributed by atoms with Crippen molar-refractivity contribution >= 4 is 11.3 Å². The van der Waals surface area contributed by atoms with Crippen molar-refractivity contribution in [2.24, 2.45) is 11.1 Å². The van der Waals surface area contributed by atoms with Crippen LogP contribution >= 0.6 is 11.3 Å². The first kappa shape index (κ1) is 13.1. The van der Waals surface area contributed by atoms with Crippen LogP contribution in [0.5, 0.6) is 0 Å². The van der Waals surface area contributed by atoms with E-state index in [-0.39, 0.29) is 11.5 Å². The maximum atomic E-state index is 10.7. The number of rotatable bonds is 3. The van der Waals surface area contributed by atoms with Gasteiger partial charge in [0.2, 0.25) is 0 Å². The van der Waals surface area contributed by atoms with E-state index >= 15 is 0 Å². The van der Waals surface area contributed by atoms with Gasteiger partial charge >= 0.3 is 0 Å². The predicted octanol–water partition coefficient (Wildman–Crippen LogP) is 3.31. The second kappa shape index (κ2) is 5.09. The third kappa shape index (κ3) is 2.42. The molecule has 0 saturated heterocycles. The molecule has 3 heteroatoms. The zero-order valence-corrected chi connectivity index (χ0v) is 11.6. The summed E-state index contributed by atoms with van der Waals surface area (Å²) in [5.41, 5.74) is 7.01. The molecule has 0 radical (unpaired) electrons. The minimum atomic E-state index is -0.377. The van der Waals surface area contributed by atoms with Gasteiger partial charge in [-0.1, -0.05) is 19.3 Å². The second-order valence-electron chi connectivity index (χ2n) is 5.40. The Bertz CT molecular complexity index is 380. The topological polar surface area (TPSA) is 46.2 Å². The molecule has 17 heavy (non-hydrogen) atoms. The number of hydrogen-bond acceptors (Lipinski definition) is 3. The molecule has 1 saturated carbocycles. The normalized spacial score (nSPS) is 21.4. The van der Waals surface area contributed by atoms with Crippen LogP contribution < -0.4 is 5.73 Å². The van der Waals surface area contributed by atoms with Gasteiger partial charge in [-0.05, 0) is 38.3 Å². The lowest BCUT2D eigenvalue weighted by Gasteiger charge is -2.40. The monoisotopic (exact) mass is 253 g/mol. The van der Waals surface area contributed by atoms with E-state index in [1.54, 1.807) is 11.3 Å². The first-order valence-corrected chi connectivity index (χ1v) is 7.36. The molecule has 0 aromatic carbocycles. The van der Waals surface area contributed by atoms with Crippen LogP contribution in [0.15, 0.2) is 6.07 Å². The number of aliphatic hydroxyl groups is 1. The molecule has 1 fully saturated rings. The van der Waals surface area contributed by atoms with Crippen molar-refractivity contribution in [3.8, 4) is 0 Å². The molecule has 1 atom stereocenters. The van der Waals surface area contributed by atoms with E-state index in [4.69, 9.17) is 5.73 Å².